The van der Waals surface area contributed by atoms with Crippen LogP contribution in [0.15, 0.2) is 24.3 Å². The van der Waals surface area contributed by atoms with E-state index < -0.39 is 0 Å². The van der Waals surface area contributed by atoms with Crippen LogP contribution in [0.5, 0.6) is 5.75 Å². The minimum atomic E-state index is 0.215. The van der Waals surface area contributed by atoms with Crippen LogP contribution in [0.3, 0.4) is 0 Å². The van der Waals surface area contributed by atoms with Crippen molar-refractivity contribution in [2.24, 2.45) is 0 Å². The molecule has 1 amide bonds. The highest BCUT2D eigenvalue weighted by atomic mass is 16.5. The van der Waals surface area contributed by atoms with E-state index in [9.17, 15) is 4.79 Å². The van der Waals surface area contributed by atoms with Crippen molar-refractivity contribution in [2.75, 3.05) is 7.11 Å². The molecule has 98 valence electrons. The number of nitrogens with one attached hydrogen (secondary N) is 1. The minimum absolute atomic E-state index is 0.215. The van der Waals surface area contributed by atoms with Crippen molar-refractivity contribution in [2.45, 2.75) is 44.6 Å². The van der Waals surface area contributed by atoms with Crippen LogP contribution >= 0.6 is 0 Å². The Labute approximate surface area is 109 Å². The first-order valence-electron chi connectivity index (χ1n) is 6.70. The SMILES string of the molecule is COc1ccc(CCCCC(=O)NC2CC2)cc1. The van der Waals surface area contributed by atoms with Gasteiger partial charge in [-0.15, -0.1) is 0 Å². The molecule has 0 spiro atoms. The predicted molar refractivity (Wildman–Crippen MR) is 71.7 cm³/mol. The minimum Gasteiger partial charge on any atom is -0.497 e. The number of hydrogen-bond acceptors (Lipinski definition) is 2. The van der Waals surface area contributed by atoms with E-state index in [1.165, 1.54) is 5.56 Å². The monoisotopic (exact) mass is 247 g/mol. The molecule has 0 saturated heterocycles. The highest BCUT2D eigenvalue weighted by molar-refractivity contribution is 5.76. The molecule has 1 aromatic rings. The largest absolute Gasteiger partial charge is 0.497 e. The molecule has 0 aliphatic heterocycles. The smallest absolute Gasteiger partial charge is 0.220 e. The Morgan fingerprint density at radius 2 is 2.00 bits per heavy atom. The van der Waals surface area contributed by atoms with E-state index in [2.05, 4.69) is 17.4 Å². The van der Waals surface area contributed by atoms with Crippen LogP contribution in [0, 0.1) is 0 Å². The fourth-order valence-electron chi connectivity index (χ4n) is 1.93. The lowest BCUT2D eigenvalue weighted by Crippen LogP contribution is -2.24. The van der Waals surface area contributed by atoms with E-state index in [4.69, 9.17) is 4.74 Å². The van der Waals surface area contributed by atoms with Crippen LogP contribution in [0.4, 0.5) is 0 Å². The van der Waals surface area contributed by atoms with E-state index in [1.54, 1.807) is 7.11 Å². The number of benzene rings is 1. The molecule has 1 saturated carbocycles. The number of amides is 1. The summed E-state index contributed by atoms with van der Waals surface area (Å²) in [6.07, 6.45) is 6.04. The highest BCUT2D eigenvalue weighted by Gasteiger charge is 2.22. The third-order valence-corrected chi connectivity index (χ3v) is 3.22. The second kappa shape index (κ2) is 6.43. The molecule has 0 radical (unpaired) electrons. The molecular weight excluding hydrogens is 226 g/mol. The number of hydrogen-bond donors (Lipinski definition) is 1. The summed E-state index contributed by atoms with van der Waals surface area (Å²) in [6.45, 7) is 0. The lowest BCUT2D eigenvalue weighted by molar-refractivity contribution is -0.121. The molecule has 1 aliphatic carbocycles. The molecule has 18 heavy (non-hydrogen) atoms. The van der Waals surface area contributed by atoms with Crippen molar-refractivity contribution in [3.8, 4) is 5.75 Å². The van der Waals surface area contributed by atoms with Crippen molar-refractivity contribution < 1.29 is 9.53 Å². The zero-order valence-corrected chi connectivity index (χ0v) is 10.9. The molecule has 0 heterocycles. The summed E-state index contributed by atoms with van der Waals surface area (Å²) in [5.41, 5.74) is 1.30. The summed E-state index contributed by atoms with van der Waals surface area (Å²) in [4.78, 5) is 11.5. The second-order valence-electron chi connectivity index (χ2n) is 4.90. The van der Waals surface area contributed by atoms with Gasteiger partial charge in [0, 0.05) is 12.5 Å². The molecule has 1 fully saturated rings. The lowest BCUT2D eigenvalue weighted by atomic mass is 10.1. The Morgan fingerprint density at radius 3 is 2.61 bits per heavy atom. The molecule has 0 atom stereocenters. The van der Waals surface area contributed by atoms with Gasteiger partial charge in [0.2, 0.25) is 5.91 Å². The van der Waals surface area contributed by atoms with Crippen molar-refractivity contribution >= 4 is 5.91 Å². The summed E-state index contributed by atoms with van der Waals surface area (Å²) in [5, 5.41) is 3.01. The zero-order chi connectivity index (χ0) is 12.8. The van der Waals surface area contributed by atoms with Gasteiger partial charge >= 0.3 is 0 Å². The van der Waals surface area contributed by atoms with E-state index in [1.807, 2.05) is 12.1 Å². The van der Waals surface area contributed by atoms with Crippen LogP contribution in [0.1, 0.15) is 37.7 Å². The Kier molecular flexibility index (Phi) is 4.62. The van der Waals surface area contributed by atoms with Gasteiger partial charge in [0.1, 0.15) is 5.75 Å². The van der Waals surface area contributed by atoms with Crippen molar-refractivity contribution in [3.63, 3.8) is 0 Å². The van der Waals surface area contributed by atoms with Gasteiger partial charge in [0.05, 0.1) is 7.11 Å². The number of ether oxygens (including phenoxy) is 1. The fourth-order valence-corrected chi connectivity index (χ4v) is 1.93. The summed E-state index contributed by atoms with van der Waals surface area (Å²) in [5.74, 6) is 1.11. The van der Waals surface area contributed by atoms with Gasteiger partial charge < -0.3 is 10.1 Å². The third kappa shape index (κ3) is 4.40. The summed E-state index contributed by atoms with van der Waals surface area (Å²) >= 11 is 0. The highest BCUT2D eigenvalue weighted by Crippen LogP contribution is 2.19. The first-order chi connectivity index (χ1) is 8.78. The maximum atomic E-state index is 11.5. The lowest BCUT2D eigenvalue weighted by Gasteiger charge is -2.04. The topological polar surface area (TPSA) is 38.3 Å². The van der Waals surface area contributed by atoms with Crippen LogP contribution in [0.2, 0.25) is 0 Å². The quantitative estimate of drug-likeness (QED) is 0.752. The predicted octanol–water partition coefficient (Wildman–Crippen LogP) is 2.69. The molecule has 0 unspecified atom stereocenters. The van der Waals surface area contributed by atoms with Gasteiger partial charge in [0.25, 0.3) is 0 Å². The number of methoxy groups -OCH3 is 1. The fraction of sp³-hybridized carbons (Fsp3) is 0.533. The summed E-state index contributed by atoms with van der Waals surface area (Å²) in [6, 6.07) is 8.62. The number of aryl methyl sites for hydroxylation is 1. The number of carbonyl (C=O) groups excluding carboxylic acids is 1. The van der Waals surface area contributed by atoms with Crippen molar-refractivity contribution in [3.05, 3.63) is 29.8 Å². The van der Waals surface area contributed by atoms with Gasteiger partial charge in [-0.05, 0) is 49.8 Å². The van der Waals surface area contributed by atoms with Gasteiger partial charge in [-0.1, -0.05) is 12.1 Å². The molecule has 2 rings (SSSR count). The maximum Gasteiger partial charge on any atom is 0.220 e. The zero-order valence-electron chi connectivity index (χ0n) is 10.9. The van der Waals surface area contributed by atoms with Gasteiger partial charge in [0.15, 0.2) is 0 Å². The van der Waals surface area contributed by atoms with E-state index in [0.717, 1.165) is 37.9 Å². The van der Waals surface area contributed by atoms with E-state index in [0.29, 0.717) is 12.5 Å². The molecular formula is C15H21NO2. The van der Waals surface area contributed by atoms with Crippen molar-refractivity contribution in [1.29, 1.82) is 0 Å². The number of unbranched alkanes of at least 4 members (excludes halogenated alkanes) is 1. The average Bonchev–Trinajstić information content (AvgIpc) is 3.19. The first-order valence-corrected chi connectivity index (χ1v) is 6.70. The number of rotatable bonds is 7. The summed E-state index contributed by atoms with van der Waals surface area (Å²) < 4.78 is 5.12. The third-order valence-electron chi connectivity index (χ3n) is 3.22. The summed E-state index contributed by atoms with van der Waals surface area (Å²) in [7, 11) is 1.67. The molecule has 0 aromatic heterocycles. The molecule has 3 heteroatoms. The van der Waals surface area contributed by atoms with Gasteiger partial charge in [-0.2, -0.15) is 0 Å². The first kappa shape index (κ1) is 12.9. The van der Waals surface area contributed by atoms with Crippen LogP contribution < -0.4 is 10.1 Å². The standard InChI is InChI=1S/C15H21NO2/c1-18-14-10-6-12(7-11-14)4-2-3-5-15(17)16-13-8-9-13/h6-7,10-11,13H,2-5,8-9H2,1H3,(H,16,17). The molecule has 0 bridgehead atoms. The molecule has 1 aliphatic rings. The Morgan fingerprint density at radius 1 is 1.28 bits per heavy atom. The normalized spacial score (nSPS) is 14.3. The Bertz CT molecular complexity index is 382. The average molecular weight is 247 g/mol. The molecule has 3 nitrogen and oxygen atoms in total. The van der Waals surface area contributed by atoms with E-state index >= 15 is 0 Å². The van der Waals surface area contributed by atoms with Crippen LogP contribution in [0.25, 0.3) is 0 Å². The van der Waals surface area contributed by atoms with E-state index in [-0.39, 0.29) is 5.91 Å². The van der Waals surface area contributed by atoms with Gasteiger partial charge in [-0.25, -0.2) is 0 Å². The van der Waals surface area contributed by atoms with Crippen LogP contribution in [-0.2, 0) is 11.2 Å². The maximum absolute atomic E-state index is 11.5. The number of carbonyl (C=O) groups is 1. The second-order valence-corrected chi connectivity index (χ2v) is 4.90. The van der Waals surface area contributed by atoms with Crippen LogP contribution in [-0.4, -0.2) is 19.1 Å². The Hall–Kier alpha value is -1.51. The Balaban J connectivity index is 1.60. The van der Waals surface area contributed by atoms with Crippen molar-refractivity contribution in [1.82, 2.24) is 5.32 Å². The molecule has 1 N–H and O–H groups in total. The molecule has 1 aromatic carbocycles. The van der Waals surface area contributed by atoms with Gasteiger partial charge in [-0.3, -0.25) is 4.79 Å².